The average molecular weight is 334 g/mol. The van der Waals surface area contributed by atoms with Crippen molar-refractivity contribution in [3.63, 3.8) is 0 Å². The molecular formula is C17H22N2O5. The van der Waals surface area contributed by atoms with E-state index < -0.39 is 17.2 Å². The largest absolute Gasteiger partial charge is 0.366 e. The Labute approximate surface area is 140 Å². The minimum Gasteiger partial charge on any atom is -0.366 e. The van der Waals surface area contributed by atoms with Crippen molar-refractivity contribution in [2.75, 3.05) is 14.2 Å². The van der Waals surface area contributed by atoms with Gasteiger partial charge in [-0.15, -0.1) is 10.1 Å². The van der Waals surface area contributed by atoms with Gasteiger partial charge in [-0.3, -0.25) is 14.5 Å². The minimum atomic E-state index is -2.25. The summed E-state index contributed by atoms with van der Waals surface area (Å²) in [5.74, 6) is -0.575. The van der Waals surface area contributed by atoms with E-state index in [0.717, 1.165) is 25.7 Å². The maximum atomic E-state index is 13.0. The molecule has 7 nitrogen and oxygen atoms in total. The van der Waals surface area contributed by atoms with Crippen LogP contribution in [-0.2, 0) is 15.4 Å². The van der Waals surface area contributed by atoms with E-state index in [4.69, 9.17) is 9.68 Å². The monoisotopic (exact) mass is 334 g/mol. The Morgan fingerprint density at radius 1 is 1.00 bits per heavy atom. The number of hydrogen-bond acceptors (Lipinski definition) is 7. The van der Waals surface area contributed by atoms with Gasteiger partial charge in [0.15, 0.2) is 0 Å². The Hall–Kier alpha value is -1.35. The van der Waals surface area contributed by atoms with Crippen molar-refractivity contribution in [1.82, 2.24) is 10.1 Å². The van der Waals surface area contributed by atoms with E-state index in [1.807, 2.05) is 0 Å². The third-order valence-corrected chi connectivity index (χ3v) is 5.68. The van der Waals surface area contributed by atoms with E-state index in [9.17, 15) is 15.0 Å². The Balaban J connectivity index is 1.97. The molecule has 2 fully saturated rings. The second kappa shape index (κ2) is 5.32. The quantitative estimate of drug-likeness (QED) is 0.826. The topological polar surface area (TPSA) is 82.5 Å². The van der Waals surface area contributed by atoms with Gasteiger partial charge in [-0.2, -0.15) is 0 Å². The van der Waals surface area contributed by atoms with Crippen LogP contribution >= 0.6 is 0 Å². The van der Waals surface area contributed by atoms with E-state index in [2.05, 4.69) is 0 Å². The van der Waals surface area contributed by atoms with Crippen molar-refractivity contribution >= 4 is 5.78 Å². The van der Waals surface area contributed by atoms with Gasteiger partial charge in [-0.25, -0.2) is 0 Å². The summed E-state index contributed by atoms with van der Waals surface area (Å²) in [6.07, 6.45) is 3.49. The molecule has 1 saturated carbocycles. The molecule has 0 bridgehead atoms. The molecule has 24 heavy (non-hydrogen) atoms. The fourth-order valence-electron chi connectivity index (χ4n) is 4.70. The van der Waals surface area contributed by atoms with Gasteiger partial charge < -0.3 is 10.2 Å². The van der Waals surface area contributed by atoms with Crippen molar-refractivity contribution in [3.05, 3.63) is 35.4 Å². The lowest BCUT2D eigenvalue weighted by Crippen LogP contribution is -2.79. The molecule has 0 amide bonds. The molecule has 1 saturated heterocycles. The number of Topliss-reactive ketones (excluding diaryl/α,β-unsaturated/α-hetero) is 1. The summed E-state index contributed by atoms with van der Waals surface area (Å²) in [5, 5.41) is 25.7. The normalized spacial score (nSPS) is 39.4. The Bertz CT molecular complexity index is 683. The van der Waals surface area contributed by atoms with Crippen LogP contribution in [0.2, 0.25) is 0 Å². The van der Waals surface area contributed by atoms with Gasteiger partial charge in [0, 0.05) is 11.1 Å². The number of benzene rings is 1. The third kappa shape index (κ3) is 1.64. The van der Waals surface area contributed by atoms with E-state index >= 15 is 0 Å². The highest BCUT2D eigenvalue weighted by Gasteiger charge is 2.75. The number of piperazine rings is 1. The number of ketones is 1. The van der Waals surface area contributed by atoms with Crippen LogP contribution < -0.4 is 0 Å². The SMILES string of the molecule is CON1[C@@H]2CCCC[C@H]2N(OC)[C@]2(O)c3ccccc3C(=O)[C@@]12O. The molecule has 0 unspecified atom stereocenters. The first-order chi connectivity index (χ1) is 11.5. The summed E-state index contributed by atoms with van der Waals surface area (Å²) in [5.41, 5.74) is -3.65. The van der Waals surface area contributed by atoms with Crippen molar-refractivity contribution in [1.29, 1.82) is 0 Å². The van der Waals surface area contributed by atoms with Gasteiger partial charge >= 0.3 is 0 Å². The fourth-order valence-corrected chi connectivity index (χ4v) is 4.70. The number of nitrogens with zero attached hydrogens (tertiary/aromatic N) is 2. The molecule has 0 radical (unpaired) electrons. The van der Waals surface area contributed by atoms with Crippen LogP contribution in [0.1, 0.15) is 41.6 Å². The summed E-state index contributed by atoms with van der Waals surface area (Å²) in [6, 6.07) is 6.27. The van der Waals surface area contributed by atoms with Crippen molar-refractivity contribution in [2.45, 2.75) is 49.2 Å². The summed E-state index contributed by atoms with van der Waals surface area (Å²) < 4.78 is 0. The maximum absolute atomic E-state index is 13.0. The van der Waals surface area contributed by atoms with Gasteiger partial charge in [-0.1, -0.05) is 37.1 Å². The second-order valence-electron chi connectivity index (χ2n) is 6.66. The van der Waals surface area contributed by atoms with E-state index in [1.54, 1.807) is 24.3 Å². The maximum Gasteiger partial charge on any atom is 0.255 e. The first kappa shape index (κ1) is 16.1. The number of hydrogen-bond donors (Lipinski definition) is 2. The lowest BCUT2D eigenvalue weighted by Gasteiger charge is -2.59. The summed E-state index contributed by atoms with van der Waals surface area (Å²) in [4.78, 5) is 24.0. The molecule has 4 rings (SSSR count). The molecule has 0 aromatic heterocycles. The number of carbonyl (C=O) groups is 1. The van der Waals surface area contributed by atoms with Gasteiger partial charge in [0.05, 0.1) is 26.3 Å². The lowest BCUT2D eigenvalue weighted by atomic mass is 9.81. The zero-order chi connectivity index (χ0) is 17.1. The zero-order valence-electron chi connectivity index (χ0n) is 13.8. The smallest absolute Gasteiger partial charge is 0.255 e. The third-order valence-electron chi connectivity index (χ3n) is 5.68. The van der Waals surface area contributed by atoms with Gasteiger partial charge in [-0.05, 0) is 12.8 Å². The molecule has 0 spiro atoms. The van der Waals surface area contributed by atoms with Gasteiger partial charge in [0.1, 0.15) is 0 Å². The zero-order valence-corrected chi connectivity index (χ0v) is 13.8. The molecular weight excluding hydrogens is 312 g/mol. The van der Waals surface area contributed by atoms with E-state index in [0.29, 0.717) is 5.56 Å². The van der Waals surface area contributed by atoms with E-state index in [1.165, 1.54) is 24.3 Å². The molecule has 1 aromatic carbocycles. The molecule has 130 valence electrons. The molecule has 2 aliphatic carbocycles. The highest BCUT2D eigenvalue weighted by Crippen LogP contribution is 2.54. The van der Waals surface area contributed by atoms with Crippen LogP contribution in [0.15, 0.2) is 24.3 Å². The van der Waals surface area contributed by atoms with Gasteiger partial charge in [0.2, 0.25) is 11.5 Å². The predicted molar refractivity (Wildman–Crippen MR) is 83.4 cm³/mol. The number of hydroxylamine groups is 4. The molecule has 3 aliphatic rings. The lowest BCUT2D eigenvalue weighted by molar-refractivity contribution is -0.455. The Morgan fingerprint density at radius 2 is 1.54 bits per heavy atom. The number of carbonyl (C=O) groups excluding carboxylic acids is 1. The summed E-state index contributed by atoms with van der Waals surface area (Å²) >= 11 is 0. The molecule has 7 heteroatoms. The predicted octanol–water partition coefficient (Wildman–Crippen LogP) is 0.768. The summed E-state index contributed by atoms with van der Waals surface area (Å²) in [6.45, 7) is 0. The Kier molecular flexibility index (Phi) is 3.58. The number of aliphatic hydroxyl groups is 2. The standard InChI is InChI=1S/C17H22N2O5/c1-23-18-13-9-5-6-10-14(13)19(24-2)17(22)15(20)11-7-3-4-8-12(11)16(17,18)21/h3-4,7-8,13-14,21-22H,5-6,9-10H2,1-2H3/t13-,14-,16+,17+/m1/s1. The van der Waals surface area contributed by atoms with Crippen LogP contribution in [0.5, 0.6) is 0 Å². The van der Waals surface area contributed by atoms with Crippen LogP contribution in [0.3, 0.4) is 0 Å². The summed E-state index contributed by atoms with van der Waals surface area (Å²) in [7, 11) is 2.88. The molecule has 4 atom stereocenters. The fraction of sp³-hybridized carbons (Fsp3) is 0.588. The number of fused-ring (bicyclic) bond motifs is 4. The highest BCUT2D eigenvalue weighted by atomic mass is 16.7. The van der Waals surface area contributed by atoms with Crippen LogP contribution in [-0.4, -0.2) is 58.2 Å². The van der Waals surface area contributed by atoms with Crippen LogP contribution in [0.4, 0.5) is 0 Å². The van der Waals surface area contributed by atoms with Crippen molar-refractivity contribution in [3.8, 4) is 0 Å². The van der Waals surface area contributed by atoms with Crippen molar-refractivity contribution < 1.29 is 24.7 Å². The van der Waals surface area contributed by atoms with E-state index in [-0.39, 0.29) is 17.6 Å². The minimum absolute atomic E-state index is 0.187. The average Bonchev–Trinajstić information content (AvgIpc) is 2.79. The number of rotatable bonds is 2. The van der Waals surface area contributed by atoms with Gasteiger partial charge in [0.25, 0.3) is 5.72 Å². The first-order valence-electron chi connectivity index (χ1n) is 8.27. The molecule has 1 aliphatic heterocycles. The van der Waals surface area contributed by atoms with Crippen LogP contribution in [0.25, 0.3) is 0 Å². The highest BCUT2D eigenvalue weighted by molar-refractivity contribution is 6.08. The molecule has 1 aromatic rings. The second-order valence-corrected chi connectivity index (χ2v) is 6.66. The van der Waals surface area contributed by atoms with Crippen LogP contribution in [0, 0.1) is 0 Å². The Morgan fingerprint density at radius 3 is 2.12 bits per heavy atom. The molecule has 1 heterocycles. The van der Waals surface area contributed by atoms with Crippen molar-refractivity contribution in [2.24, 2.45) is 0 Å². The molecule has 2 N–H and O–H groups in total. The first-order valence-corrected chi connectivity index (χ1v) is 8.27.